The number of carbonyl (C=O) groups excluding carboxylic acids is 3. The van der Waals surface area contributed by atoms with Crippen LogP contribution in [0.3, 0.4) is 0 Å². The lowest BCUT2D eigenvalue weighted by Crippen LogP contribution is -2.59. The van der Waals surface area contributed by atoms with Crippen LogP contribution in [0, 0.1) is 0 Å². The highest BCUT2D eigenvalue weighted by Gasteiger charge is 2.30. The van der Waals surface area contributed by atoms with Crippen LogP contribution in [-0.2, 0) is 19.2 Å². The summed E-state index contributed by atoms with van der Waals surface area (Å²) in [5.74, 6) is -3.55. The largest absolute Gasteiger partial charge is 0.480 e. The van der Waals surface area contributed by atoms with Crippen LogP contribution in [0.25, 0.3) is 0 Å². The number of aliphatic hydroxyl groups is 1. The van der Waals surface area contributed by atoms with E-state index in [1.807, 2.05) is 0 Å². The molecule has 0 aliphatic rings. The van der Waals surface area contributed by atoms with E-state index >= 15 is 0 Å². The van der Waals surface area contributed by atoms with Crippen molar-refractivity contribution in [3.05, 3.63) is 0 Å². The molecule has 3 amide bonds. The first-order valence-electron chi connectivity index (χ1n) is 7.19. The summed E-state index contributed by atoms with van der Waals surface area (Å²) < 4.78 is 0. The second-order valence-corrected chi connectivity index (χ2v) is 5.69. The molecule has 10 nitrogen and oxygen atoms in total. The topological polar surface area (TPSA) is 171 Å². The summed E-state index contributed by atoms with van der Waals surface area (Å²) >= 11 is 3.95. The molecule has 138 valence electrons. The number of hydrogen-bond acceptors (Lipinski definition) is 7. The fourth-order valence-electron chi connectivity index (χ4n) is 1.52. The van der Waals surface area contributed by atoms with Gasteiger partial charge in [0.1, 0.15) is 18.1 Å². The number of carboxylic acid groups (broad SMARTS) is 1. The zero-order valence-electron chi connectivity index (χ0n) is 13.6. The average Bonchev–Trinajstić information content (AvgIpc) is 2.48. The van der Waals surface area contributed by atoms with Crippen molar-refractivity contribution in [3.8, 4) is 0 Å². The highest BCUT2D eigenvalue weighted by Crippen LogP contribution is 1.98. The van der Waals surface area contributed by atoms with Gasteiger partial charge in [-0.2, -0.15) is 12.6 Å². The number of nitrogens with two attached hydrogens (primary N) is 1. The first-order valence-corrected chi connectivity index (χ1v) is 7.82. The molecule has 7 N–H and O–H groups in total. The third kappa shape index (κ3) is 7.15. The minimum atomic E-state index is -1.39. The summed E-state index contributed by atoms with van der Waals surface area (Å²) in [6.07, 6.45) is -1.29. The molecule has 0 fully saturated rings. The second kappa shape index (κ2) is 10.1. The first-order chi connectivity index (χ1) is 11.0. The van der Waals surface area contributed by atoms with Gasteiger partial charge in [0.15, 0.2) is 0 Å². The minimum absolute atomic E-state index is 0.0655. The zero-order chi connectivity index (χ0) is 19.0. The summed E-state index contributed by atoms with van der Waals surface area (Å²) in [7, 11) is 0. The molecular weight excluding hydrogens is 340 g/mol. The molecule has 0 spiro atoms. The zero-order valence-corrected chi connectivity index (χ0v) is 14.5. The fourth-order valence-corrected chi connectivity index (χ4v) is 1.78. The normalized spacial score (nSPS) is 16.9. The Kier molecular flexibility index (Phi) is 9.33. The average molecular weight is 364 g/mol. The molecule has 0 rings (SSSR count). The van der Waals surface area contributed by atoms with E-state index in [1.54, 1.807) is 0 Å². The van der Waals surface area contributed by atoms with Crippen LogP contribution in [0.2, 0.25) is 0 Å². The van der Waals surface area contributed by atoms with Crippen LogP contribution >= 0.6 is 12.6 Å². The van der Waals surface area contributed by atoms with E-state index in [0.717, 1.165) is 0 Å². The summed E-state index contributed by atoms with van der Waals surface area (Å²) in [5.41, 5.74) is 5.39. The van der Waals surface area contributed by atoms with Gasteiger partial charge in [0.05, 0.1) is 12.1 Å². The molecule has 0 aromatic rings. The Balaban J connectivity index is 4.97. The van der Waals surface area contributed by atoms with E-state index in [0.29, 0.717) is 0 Å². The van der Waals surface area contributed by atoms with Crippen molar-refractivity contribution in [2.24, 2.45) is 5.73 Å². The van der Waals surface area contributed by atoms with Gasteiger partial charge in [0, 0.05) is 5.75 Å². The fraction of sp³-hybridized carbons (Fsp3) is 0.692. The highest BCUT2D eigenvalue weighted by atomic mass is 32.1. The third-order valence-electron chi connectivity index (χ3n) is 3.02. The van der Waals surface area contributed by atoms with E-state index in [4.69, 9.17) is 10.8 Å². The molecule has 0 aromatic heterocycles. The predicted molar refractivity (Wildman–Crippen MR) is 88.3 cm³/mol. The summed E-state index contributed by atoms with van der Waals surface area (Å²) in [5, 5.41) is 25.2. The van der Waals surface area contributed by atoms with Gasteiger partial charge in [0.25, 0.3) is 0 Å². The number of hydrogen-bond donors (Lipinski definition) is 7. The highest BCUT2D eigenvalue weighted by molar-refractivity contribution is 7.80. The molecule has 24 heavy (non-hydrogen) atoms. The Morgan fingerprint density at radius 2 is 1.54 bits per heavy atom. The Morgan fingerprint density at radius 1 is 1.00 bits per heavy atom. The lowest BCUT2D eigenvalue weighted by Gasteiger charge is -2.25. The molecular formula is C13H24N4O6S. The van der Waals surface area contributed by atoms with Crippen molar-refractivity contribution in [1.82, 2.24) is 16.0 Å². The van der Waals surface area contributed by atoms with Gasteiger partial charge in [-0.3, -0.25) is 19.2 Å². The number of carbonyl (C=O) groups is 4. The van der Waals surface area contributed by atoms with Gasteiger partial charge in [0.2, 0.25) is 17.7 Å². The van der Waals surface area contributed by atoms with Crippen LogP contribution in [-0.4, -0.2) is 69.9 Å². The standard InChI is InChI=1S/C13H24N4O6S/c1-5(14)10(19)16-8(4-24)11(20)17-9(7(3)18)12(21)15-6(2)13(22)23/h5-9,18,24H,4,14H2,1-3H3,(H,15,21)(H,16,19)(H,17,20)(H,22,23). The van der Waals surface area contributed by atoms with E-state index in [-0.39, 0.29) is 5.75 Å². The molecule has 0 aliphatic carbocycles. The van der Waals surface area contributed by atoms with Crippen molar-refractivity contribution >= 4 is 36.3 Å². The number of amides is 3. The first kappa shape index (κ1) is 22.1. The monoisotopic (exact) mass is 364 g/mol. The predicted octanol–water partition coefficient (Wildman–Crippen LogP) is -2.80. The Bertz CT molecular complexity index is 485. The SMILES string of the molecule is CC(N)C(=O)NC(CS)C(=O)NC(C(=O)NC(C)C(=O)O)C(C)O. The Morgan fingerprint density at radius 3 is 1.92 bits per heavy atom. The maximum Gasteiger partial charge on any atom is 0.325 e. The van der Waals surface area contributed by atoms with Gasteiger partial charge in [-0.1, -0.05) is 0 Å². The molecule has 0 aromatic carbocycles. The number of rotatable bonds is 9. The lowest BCUT2D eigenvalue weighted by atomic mass is 10.1. The van der Waals surface area contributed by atoms with Crippen LogP contribution in [0.5, 0.6) is 0 Å². The Labute approximate surface area is 144 Å². The van der Waals surface area contributed by atoms with E-state index in [1.165, 1.54) is 20.8 Å². The number of aliphatic hydroxyl groups excluding tert-OH is 1. The van der Waals surface area contributed by atoms with Crippen molar-refractivity contribution in [2.75, 3.05) is 5.75 Å². The summed E-state index contributed by atoms with van der Waals surface area (Å²) in [6, 6.07) is -4.51. The van der Waals surface area contributed by atoms with Crippen molar-refractivity contribution in [1.29, 1.82) is 0 Å². The van der Waals surface area contributed by atoms with E-state index in [9.17, 15) is 24.3 Å². The van der Waals surface area contributed by atoms with Gasteiger partial charge in [-0.25, -0.2) is 0 Å². The molecule has 0 radical (unpaired) electrons. The lowest BCUT2D eigenvalue weighted by molar-refractivity contribution is -0.142. The number of thiol groups is 1. The molecule has 0 bridgehead atoms. The van der Waals surface area contributed by atoms with Gasteiger partial charge < -0.3 is 31.9 Å². The number of aliphatic carboxylic acids is 1. The van der Waals surface area contributed by atoms with Crippen LogP contribution < -0.4 is 21.7 Å². The third-order valence-corrected chi connectivity index (χ3v) is 3.39. The van der Waals surface area contributed by atoms with Crippen LogP contribution in [0.4, 0.5) is 0 Å². The molecule has 11 heteroatoms. The van der Waals surface area contributed by atoms with Crippen molar-refractivity contribution in [3.63, 3.8) is 0 Å². The molecule has 0 saturated carbocycles. The quantitative estimate of drug-likeness (QED) is 0.217. The van der Waals surface area contributed by atoms with Gasteiger partial charge in [-0.05, 0) is 20.8 Å². The van der Waals surface area contributed by atoms with Gasteiger partial charge in [-0.15, -0.1) is 0 Å². The second-order valence-electron chi connectivity index (χ2n) is 5.33. The minimum Gasteiger partial charge on any atom is -0.480 e. The Hall–Kier alpha value is -1.85. The molecule has 5 atom stereocenters. The van der Waals surface area contributed by atoms with E-state index in [2.05, 4.69) is 28.6 Å². The molecule has 0 aliphatic heterocycles. The van der Waals surface area contributed by atoms with Gasteiger partial charge >= 0.3 is 5.97 Å². The van der Waals surface area contributed by atoms with Crippen LogP contribution in [0.1, 0.15) is 20.8 Å². The smallest absolute Gasteiger partial charge is 0.325 e. The molecule has 0 heterocycles. The maximum absolute atomic E-state index is 12.1. The summed E-state index contributed by atoms with van der Waals surface area (Å²) in [4.78, 5) is 46.5. The summed E-state index contributed by atoms with van der Waals surface area (Å²) in [6.45, 7) is 3.93. The number of carboxylic acids is 1. The number of nitrogens with one attached hydrogen (secondary N) is 3. The molecule has 5 unspecified atom stereocenters. The maximum atomic E-state index is 12.1. The van der Waals surface area contributed by atoms with E-state index < -0.39 is 54.0 Å². The van der Waals surface area contributed by atoms with Crippen molar-refractivity contribution in [2.45, 2.75) is 51.0 Å². The molecule has 0 saturated heterocycles. The van der Waals surface area contributed by atoms with Crippen molar-refractivity contribution < 1.29 is 29.4 Å². The van der Waals surface area contributed by atoms with Crippen LogP contribution in [0.15, 0.2) is 0 Å².